The molecule has 8 rings (SSSR count). The summed E-state index contributed by atoms with van der Waals surface area (Å²) >= 11 is 0. The predicted molar refractivity (Wildman–Crippen MR) is 202 cm³/mol. The number of nitrogens with one attached hydrogen (secondary N) is 3. The Morgan fingerprint density at radius 3 is 2.65 bits per heavy atom. The SMILES string of the molecule is C=C[C@@H]1C[C@]1(NC(=O)[C@@H]1C[C@@H]2CN1C(=O)[C@H](C1CCCC1)NC(=O)N1CC[C@@H](C1)OCCC/C=C/c1cc3cccnc3nc1O2)C(=O)NS(=O)(=O)C1CC1. The van der Waals surface area contributed by atoms with Crippen molar-refractivity contribution in [3.8, 4) is 5.88 Å². The average molecular weight is 776 g/mol. The molecule has 3 aliphatic carbocycles. The fourth-order valence-electron chi connectivity index (χ4n) is 8.56. The van der Waals surface area contributed by atoms with Crippen molar-refractivity contribution in [2.45, 2.75) is 106 Å². The summed E-state index contributed by atoms with van der Waals surface area (Å²) in [7, 11) is -3.89. The molecule has 5 fully saturated rings. The monoisotopic (exact) mass is 775 g/mol. The zero-order chi connectivity index (χ0) is 38.3. The van der Waals surface area contributed by atoms with Crippen LogP contribution in [-0.4, -0.2) is 113 Å². The molecule has 0 aromatic carbocycles. The number of rotatable bonds is 7. The molecule has 3 saturated carbocycles. The van der Waals surface area contributed by atoms with E-state index in [2.05, 4.69) is 26.9 Å². The van der Waals surface area contributed by atoms with Gasteiger partial charge in [0, 0.05) is 49.2 Å². The summed E-state index contributed by atoms with van der Waals surface area (Å²) in [5.74, 6) is -2.17. The van der Waals surface area contributed by atoms with Gasteiger partial charge in [0.05, 0.1) is 17.9 Å². The largest absolute Gasteiger partial charge is 0.472 e. The van der Waals surface area contributed by atoms with E-state index in [1.165, 1.54) is 11.0 Å². The third-order valence-corrected chi connectivity index (χ3v) is 13.8. The molecule has 3 aliphatic heterocycles. The highest BCUT2D eigenvalue weighted by atomic mass is 32.2. The Morgan fingerprint density at radius 1 is 1.07 bits per heavy atom. The number of sulfonamides is 1. The first-order valence-corrected chi connectivity index (χ1v) is 21.2. The molecule has 294 valence electrons. The van der Waals surface area contributed by atoms with Gasteiger partial charge in [-0.15, -0.1) is 6.58 Å². The van der Waals surface area contributed by atoms with Gasteiger partial charge in [0.25, 0.3) is 5.91 Å². The molecule has 16 heteroatoms. The third-order valence-electron chi connectivity index (χ3n) is 12.0. The van der Waals surface area contributed by atoms with Crippen molar-refractivity contribution >= 4 is 50.9 Å². The number of amides is 5. The number of hydrogen-bond acceptors (Lipinski definition) is 10. The number of aromatic nitrogens is 2. The van der Waals surface area contributed by atoms with Crippen LogP contribution >= 0.6 is 0 Å². The van der Waals surface area contributed by atoms with Crippen LogP contribution in [0, 0.1) is 11.8 Å². The van der Waals surface area contributed by atoms with Crippen LogP contribution in [-0.2, 0) is 29.1 Å². The minimum Gasteiger partial charge on any atom is -0.472 e. The number of pyridine rings is 2. The molecule has 6 atom stereocenters. The van der Waals surface area contributed by atoms with Gasteiger partial charge in [-0.25, -0.2) is 18.2 Å². The van der Waals surface area contributed by atoms with Gasteiger partial charge in [0.1, 0.15) is 23.7 Å². The minimum absolute atomic E-state index is 0.0148. The van der Waals surface area contributed by atoms with Gasteiger partial charge in [0.2, 0.25) is 27.7 Å². The first kappa shape index (κ1) is 37.4. The summed E-state index contributed by atoms with van der Waals surface area (Å²) < 4.78 is 40.4. The van der Waals surface area contributed by atoms with Gasteiger partial charge in [-0.2, -0.15) is 4.98 Å². The van der Waals surface area contributed by atoms with E-state index >= 15 is 0 Å². The second-order valence-electron chi connectivity index (χ2n) is 15.8. The number of fused-ring (bicyclic) bond motifs is 6. The van der Waals surface area contributed by atoms with Gasteiger partial charge >= 0.3 is 6.03 Å². The van der Waals surface area contributed by atoms with Gasteiger partial charge in [-0.05, 0) is 75.5 Å². The molecule has 0 spiro atoms. The Kier molecular flexibility index (Phi) is 10.3. The van der Waals surface area contributed by atoms with Crippen molar-refractivity contribution < 1.29 is 37.1 Å². The summed E-state index contributed by atoms with van der Waals surface area (Å²) in [4.78, 5) is 69.0. The zero-order valence-electron chi connectivity index (χ0n) is 30.9. The molecule has 5 amide bonds. The maximum atomic E-state index is 14.8. The summed E-state index contributed by atoms with van der Waals surface area (Å²) in [6.45, 7) is 5.29. The Bertz CT molecular complexity index is 2000. The van der Waals surface area contributed by atoms with Gasteiger partial charge in [-0.3, -0.25) is 19.1 Å². The van der Waals surface area contributed by atoms with Crippen LogP contribution in [0.2, 0.25) is 0 Å². The number of carbonyl (C=O) groups excluding carboxylic acids is 4. The third kappa shape index (κ3) is 7.80. The van der Waals surface area contributed by atoms with Crippen molar-refractivity contribution in [1.82, 2.24) is 35.1 Å². The maximum Gasteiger partial charge on any atom is 0.318 e. The Hall–Kier alpha value is -4.57. The average Bonchev–Trinajstić information content (AvgIpc) is 3.94. The molecular weight excluding hydrogens is 727 g/mol. The highest BCUT2D eigenvalue weighted by molar-refractivity contribution is 7.91. The van der Waals surface area contributed by atoms with Crippen LogP contribution in [0.3, 0.4) is 0 Å². The fraction of sp³-hybridized carbons (Fsp3) is 0.590. The molecule has 3 N–H and O–H groups in total. The second-order valence-corrected chi connectivity index (χ2v) is 17.8. The molecule has 0 radical (unpaired) electrons. The normalized spacial score (nSPS) is 31.0. The van der Waals surface area contributed by atoms with E-state index in [1.54, 1.807) is 11.1 Å². The number of ether oxygens (including phenoxy) is 2. The Balaban J connectivity index is 1.12. The quantitative estimate of drug-likeness (QED) is 0.353. The predicted octanol–water partition coefficient (Wildman–Crippen LogP) is 2.81. The number of urea groups is 1. The molecule has 15 nitrogen and oxygen atoms in total. The smallest absolute Gasteiger partial charge is 0.318 e. The topological polar surface area (TPSA) is 189 Å². The van der Waals surface area contributed by atoms with Crippen LogP contribution in [0.25, 0.3) is 17.1 Å². The van der Waals surface area contributed by atoms with Crippen LogP contribution < -0.4 is 20.1 Å². The van der Waals surface area contributed by atoms with E-state index in [-0.39, 0.29) is 37.4 Å². The van der Waals surface area contributed by atoms with Crippen molar-refractivity contribution in [1.29, 1.82) is 0 Å². The summed E-state index contributed by atoms with van der Waals surface area (Å²) in [5, 5.41) is 6.11. The van der Waals surface area contributed by atoms with Gasteiger partial charge in [-0.1, -0.05) is 31.1 Å². The van der Waals surface area contributed by atoms with Gasteiger partial charge in [0.15, 0.2) is 5.65 Å². The van der Waals surface area contributed by atoms with Crippen molar-refractivity contribution in [2.75, 3.05) is 26.2 Å². The summed E-state index contributed by atoms with van der Waals surface area (Å²) in [6.07, 6.45) is 13.1. The first-order chi connectivity index (χ1) is 26.5. The molecule has 0 unspecified atom stereocenters. The molecule has 2 saturated heterocycles. The highest BCUT2D eigenvalue weighted by Gasteiger charge is 2.62. The van der Waals surface area contributed by atoms with E-state index < -0.39 is 62.6 Å². The number of hydrogen-bond donors (Lipinski definition) is 3. The molecular formula is C39H49N7O8S. The fourth-order valence-corrected chi connectivity index (χ4v) is 9.92. The number of nitrogens with zero attached hydrogens (tertiary/aromatic N) is 4. The van der Waals surface area contributed by atoms with Crippen LogP contribution in [0.1, 0.15) is 76.2 Å². The van der Waals surface area contributed by atoms with E-state index in [1.807, 2.05) is 30.4 Å². The highest BCUT2D eigenvalue weighted by Crippen LogP contribution is 2.45. The summed E-state index contributed by atoms with van der Waals surface area (Å²) in [5.41, 5.74) is -0.336. The van der Waals surface area contributed by atoms with Crippen molar-refractivity contribution in [3.63, 3.8) is 0 Å². The van der Waals surface area contributed by atoms with Crippen LogP contribution in [0.5, 0.6) is 5.88 Å². The molecule has 2 aromatic rings. The first-order valence-electron chi connectivity index (χ1n) is 19.6. The van der Waals surface area contributed by atoms with Gasteiger partial charge < -0.3 is 29.9 Å². The Labute approximate surface area is 320 Å². The maximum absolute atomic E-state index is 14.8. The lowest BCUT2D eigenvalue weighted by Gasteiger charge is -2.33. The van der Waals surface area contributed by atoms with E-state index in [4.69, 9.17) is 14.5 Å². The van der Waals surface area contributed by atoms with E-state index in [0.717, 1.165) is 43.9 Å². The van der Waals surface area contributed by atoms with Crippen LogP contribution in [0.15, 0.2) is 43.1 Å². The molecule has 4 bridgehead atoms. The lowest BCUT2D eigenvalue weighted by molar-refractivity contribution is -0.142. The van der Waals surface area contributed by atoms with E-state index in [0.29, 0.717) is 56.0 Å². The lowest BCUT2D eigenvalue weighted by atomic mass is 9.96. The summed E-state index contributed by atoms with van der Waals surface area (Å²) in [6, 6.07) is 3.36. The molecule has 5 heterocycles. The second kappa shape index (κ2) is 15.2. The zero-order valence-corrected chi connectivity index (χ0v) is 31.7. The molecule has 55 heavy (non-hydrogen) atoms. The van der Waals surface area contributed by atoms with Crippen LogP contribution in [0.4, 0.5) is 4.79 Å². The lowest BCUT2D eigenvalue weighted by Crippen LogP contribution is -2.59. The standard InChI is InChI=1S/C39H49N7O8S/c1-2-27-21-39(27,37(49)44-55(51,52)30-13-14-30)43-34(47)31-20-29-23-46(31)36(48)32(24-9-5-6-10-24)41-38(50)45-17-15-28(22-45)53-18-7-3-4-11-26-19-25-12-8-16-40-33(25)42-35(26)54-29/h2,4,8,11-12,16,19,24,27-32H,1,3,5-7,9-10,13-15,17-18,20-23H2,(H,41,50)(H,43,47)(H,44,49)/b11-4+/t27-,28+,29-,31+,32+,39-/m1/s1. The molecule has 6 aliphatic rings. The van der Waals surface area contributed by atoms with Crippen molar-refractivity contribution in [3.05, 3.63) is 48.7 Å². The van der Waals surface area contributed by atoms with Crippen molar-refractivity contribution in [2.24, 2.45) is 11.8 Å². The Morgan fingerprint density at radius 2 is 1.89 bits per heavy atom. The molecule has 2 aromatic heterocycles. The minimum atomic E-state index is -3.89. The number of allylic oxidation sites excluding steroid dienone is 1. The van der Waals surface area contributed by atoms with E-state index in [9.17, 15) is 27.6 Å². The number of carbonyl (C=O) groups is 4.